The molecule has 45 heavy (non-hydrogen) atoms. The number of aromatic carboxylic acids is 1. The molecule has 0 spiro atoms. The van der Waals surface area contributed by atoms with Gasteiger partial charge in [-0.3, -0.25) is 4.79 Å². The number of aliphatic hydroxyl groups excluding tert-OH is 5. The number of amides is 1. The molecular formula is C33H48N4O8. The van der Waals surface area contributed by atoms with Crippen molar-refractivity contribution in [2.75, 3.05) is 25.5 Å². The van der Waals surface area contributed by atoms with Gasteiger partial charge in [0, 0.05) is 23.8 Å². The molecule has 5 aliphatic carbocycles. The van der Waals surface area contributed by atoms with Crippen LogP contribution in [-0.4, -0.2) is 97.1 Å². The summed E-state index contributed by atoms with van der Waals surface area (Å²) in [5.74, 6) is 2.91. The van der Waals surface area contributed by atoms with Gasteiger partial charge in [-0.15, -0.1) is 0 Å². The summed E-state index contributed by atoms with van der Waals surface area (Å²) >= 11 is 0. The number of likely N-dealkylation sites (N-methyl/N-ethyl adjacent to an activating group) is 1. The Bertz CT molecular complexity index is 1290. The van der Waals surface area contributed by atoms with E-state index in [-0.39, 0.29) is 18.0 Å². The highest BCUT2D eigenvalue weighted by Crippen LogP contribution is 2.61. The number of H-pyrrole nitrogens is 1. The van der Waals surface area contributed by atoms with Crippen LogP contribution in [-0.2, 0) is 6.42 Å². The Morgan fingerprint density at radius 2 is 1.62 bits per heavy atom. The second-order valence-electron chi connectivity index (χ2n) is 13.8. The number of aromatic nitrogens is 2. The Hall–Kier alpha value is -2.87. The lowest BCUT2D eigenvalue weighted by molar-refractivity contribution is -0.113. The van der Waals surface area contributed by atoms with Crippen molar-refractivity contribution < 1.29 is 40.2 Å². The summed E-state index contributed by atoms with van der Waals surface area (Å²) in [6.07, 6.45) is 7.04. The van der Waals surface area contributed by atoms with Crippen molar-refractivity contribution >= 4 is 17.6 Å². The number of carbonyl (C=O) groups is 2. The maximum atomic E-state index is 13.2. The number of aliphatic hydroxyl groups is 5. The first-order chi connectivity index (χ1) is 21.5. The molecule has 1 amide bonds. The molecule has 4 bridgehead atoms. The number of imidazole rings is 1. The molecule has 0 aliphatic heterocycles. The second-order valence-corrected chi connectivity index (χ2v) is 13.8. The maximum Gasteiger partial charge on any atom is 0.335 e. The van der Waals surface area contributed by atoms with Crippen LogP contribution in [0.1, 0.15) is 96.1 Å². The number of nitrogens with zero attached hydrogens (tertiary/aromatic N) is 1. The van der Waals surface area contributed by atoms with Crippen LogP contribution in [0.2, 0.25) is 0 Å². The Morgan fingerprint density at radius 3 is 2.18 bits per heavy atom. The molecule has 1 aromatic carbocycles. The van der Waals surface area contributed by atoms with Gasteiger partial charge < -0.3 is 46.3 Å². The molecule has 1 heterocycles. The van der Waals surface area contributed by atoms with Gasteiger partial charge in [-0.05, 0) is 113 Å². The third kappa shape index (κ3) is 8.11. The third-order valence-corrected chi connectivity index (χ3v) is 10.2. The van der Waals surface area contributed by atoms with Crippen LogP contribution in [0.15, 0.2) is 24.3 Å². The van der Waals surface area contributed by atoms with E-state index in [1.807, 2.05) is 0 Å². The van der Waals surface area contributed by atoms with Crippen LogP contribution >= 0.6 is 0 Å². The Balaban J connectivity index is 0.000000263. The fraction of sp³-hybridized carbons (Fsp3) is 0.667. The van der Waals surface area contributed by atoms with Crippen LogP contribution in [0.25, 0.3) is 0 Å². The molecule has 0 saturated heterocycles. The van der Waals surface area contributed by atoms with E-state index < -0.39 is 37.0 Å². The molecule has 0 unspecified atom stereocenters. The van der Waals surface area contributed by atoms with Gasteiger partial charge in [-0.1, -0.05) is 6.07 Å². The molecule has 9 N–H and O–H groups in total. The van der Waals surface area contributed by atoms with Crippen LogP contribution in [0.5, 0.6) is 0 Å². The van der Waals surface area contributed by atoms with Gasteiger partial charge in [0.1, 0.15) is 29.8 Å². The number of benzene rings is 1. The largest absolute Gasteiger partial charge is 0.478 e. The average Bonchev–Trinajstić information content (AvgIpc) is 3.77. The molecule has 12 nitrogen and oxygen atoms in total. The maximum absolute atomic E-state index is 13.2. The molecule has 248 valence electrons. The number of nitrogens with one attached hydrogen (secondary N) is 3. The minimum absolute atomic E-state index is 0.0936. The summed E-state index contributed by atoms with van der Waals surface area (Å²) in [5, 5.41) is 59.6. The van der Waals surface area contributed by atoms with Crippen LogP contribution < -0.4 is 10.6 Å². The lowest BCUT2D eigenvalue weighted by Gasteiger charge is -2.57. The number of rotatable bonds is 13. The molecule has 2 aromatic rings. The fourth-order valence-electron chi connectivity index (χ4n) is 8.15. The van der Waals surface area contributed by atoms with Gasteiger partial charge >= 0.3 is 5.97 Å². The summed E-state index contributed by atoms with van der Waals surface area (Å²) in [4.78, 5) is 32.6. The van der Waals surface area contributed by atoms with Crippen molar-refractivity contribution in [2.24, 2.45) is 23.2 Å². The topological polar surface area (TPSA) is 208 Å². The smallest absolute Gasteiger partial charge is 0.335 e. The van der Waals surface area contributed by atoms with Gasteiger partial charge in [-0.2, -0.15) is 0 Å². The van der Waals surface area contributed by atoms with Gasteiger partial charge in [0.2, 0.25) is 0 Å². The predicted molar refractivity (Wildman–Crippen MR) is 166 cm³/mol. The SMILES string of the molecule is CNC[C@H](O)[C@@H](O)[C@H](O)[C@H](O)CO.O=C(O)c1cccc(NC(=O)c2nc(C3CC3)[nH]c2CCC23CC4CC(CC(C4)C2)C3)c1. The minimum atomic E-state index is -1.55. The van der Waals surface area contributed by atoms with Crippen LogP contribution in [0.3, 0.4) is 0 Å². The molecule has 5 saturated carbocycles. The average molecular weight is 629 g/mol. The summed E-state index contributed by atoms with van der Waals surface area (Å²) in [6, 6.07) is 6.37. The predicted octanol–water partition coefficient (Wildman–Crippen LogP) is 2.03. The first kappa shape index (κ1) is 33.5. The van der Waals surface area contributed by atoms with Gasteiger partial charge in [-0.25, -0.2) is 9.78 Å². The Kier molecular flexibility index (Phi) is 10.6. The first-order valence-electron chi connectivity index (χ1n) is 16.2. The highest BCUT2D eigenvalue weighted by molar-refractivity contribution is 6.04. The molecular weight excluding hydrogens is 580 g/mol. The molecule has 0 radical (unpaired) electrons. The van der Waals surface area contributed by atoms with Gasteiger partial charge in [0.15, 0.2) is 0 Å². The van der Waals surface area contributed by atoms with Crippen molar-refractivity contribution in [3.8, 4) is 0 Å². The highest BCUT2D eigenvalue weighted by Gasteiger charge is 2.50. The Morgan fingerprint density at radius 1 is 1.00 bits per heavy atom. The van der Waals surface area contributed by atoms with Crippen molar-refractivity contribution in [3.63, 3.8) is 0 Å². The zero-order chi connectivity index (χ0) is 32.3. The summed E-state index contributed by atoms with van der Waals surface area (Å²) in [7, 11) is 1.57. The zero-order valence-corrected chi connectivity index (χ0v) is 25.9. The molecule has 1 aromatic heterocycles. The normalized spacial score (nSPS) is 27.6. The summed E-state index contributed by atoms with van der Waals surface area (Å²) in [6.45, 7) is -0.569. The monoisotopic (exact) mass is 628 g/mol. The van der Waals surface area contributed by atoms with E-state index in [0.717, 1.165) is 55.0 Å². The van der Waals surface area contributed by atoms with Crippen molar-refractivity contribution in [1.29, 1.82) is 0 Å². The molecule has 4 atom stereocenters. The number of aryl methyl sites for hydroxylation is 1. The number of aromatic amines is 1. The molecule has 5 fully saturated rings. The first-order valence-corrected chi connectivity index (χ1v) is 16.2. The summed E-state index contributed by atoms with van der Waals surface area (Å²) < 4.78 is 0. The standard InChI is InChI=1S/C26H31N3O3.C7H17NO5/c30-24(27-20-3-1-2-19(11-20)25(31)32)22-21(28-23(29-22)18-4-5-18)6-7-26-12-15-8-16(13-26)10-17(9-15)14-26;1-8-2-4(10)6(12)7(13)5(11)3-9/h1-3,11,15-18H,4-10,12-14H2,(H,27,30)(H,28,29)(H,31,32);4-13H,2-3H2,1H3/t;4-,5+,6+,7+/m.0/s1. The van der Waals surface area contributed by atoms with Crippen LogP contribution in [0, 0.1) is 23.2 Å². The van der Waals surface area contributed by atoms with E-state index >= 15 is 0 Å². The number of anilines is 1. The quantitative estimate of drug-likeness (QED) is 0.158. The van der Waals surface area contributed by atoms with E-state index in [1.54, 1.807) is 19.2 Å². The van der Waals surface area contributed by atoms with E-state index in [0.29, 0.717) is 22.7 Å². The number of carboxylic acids is 1. The van der Waals surface area contributed by atoms with E-state index in [2.05, 4.69) is 15.6 Å². The fourth-order valence-corrected chi connectivity index (χ4v) is 8.15. The number of hydrogen-bond acceptors (Lipinski definition) is 9. The number of carboxylic acid groups (broad SMARTS) is 1. The van der Waals surface area contributed by atoms with Gasteiger partial charge in [0.25, 0.3) is 5.91 Å². The lowest BCUT2D eigenvalue weighted by Crippen LogP contribution is -2.48. The Labute approximate surface area is 263 Å². The van der Waals surface area contributed by atoms with Crippen LogP contribution in [0.4, 0.5) is 5.69 Å². The van der Waals surface area contributed by atoms with E-state index in [9.17, 15) is 19.8 Å². The highest BCUT2D eigenvalue weighted by atomic mass is 16.4. The number of carbonyl (C=O) groups excluding carboxylic acids is 1. The lowest BCUT2D eigenvalue weighted by atomic mass is 9.48. The van der Waals surface area contributed by atoms with Crippen molar-refractivity contribution in [2.45, 2.75) is 94.5 Å². The zero-order valence-electron chi connectivity index (χ0n) is 25.9. The third-order valence-electron chi connectivity index (χ3n) is 10.2. The van der Waals surface area contributed by atoms with Crippen molar-refractivity contribution in [3.05, 3.63) is 47.0 Å². The summed E-state index contributed by atoms with van der Waals surface area (Å²) in [5.41, 5.74) is 2.54. The number of hydrogen-bond donors (Lipinski definition) is 9. The van der Waals surface area contributed by atoms with E-state index in [1.165, 1.54) is 50.7 Å². The van der Waals surface area contributed by atoms with Gasteiger partial charge in [0.05, 0.1) is 18.3 Å². The second kappa shape index (κ2) is 14.3. The van der Waals surface area contributed by atoms with Crippen molar-refractivity contribution in [1.82, 2.24) is 15.3 Å². The molecule has 5 aliphatic rings. The molecule has 12 heteroatoms. The van der Waals surface area contributed by atoms with E-state index in [4.69, 9.17) is 25.4 Å². The molecule has 7 rings (SSSR count). The minimum Gasteiger partial charge on any atom is -0.478 e.